The summed E-state index contributed by atoms with van der Waals surface area (Å²) in [5, 5.41) is 17.6. The van der Waals surface area contributed by atoms with Gasteiger partial charge in [-0.1, -0.05) is 0 Å². The van der Waals surface area contributed by atoms with Gasteiger partial charge in [0, 0.05) is 9.26 Å². The number of halogens is 1. The van der Waals surface area contributed by atoms with Crippen LogP contribution in [0.1, 0.15) is 0 Å². The van der Waals surface area contributed by atoms with Gasteiger partial charge in [0.15, 0.2) is 0 Å². The van der Waals surface area contributed by atoms with Crippen molar-refractivity contribution < 1.29 is 10.0 Å². The number of rotatable bonds is 1. The lowest BCUT2D eigenvalue weighted by atomic mass is 9.80. The van der Waals surface area contributed by atoms with Crippen LogP contribution in [0.15, 0.2) is 18.2 Å². The highest BCUT2D eigenvalue weighted by Gasteiger charge is 2.14. The average Bonchev–Trinajstić information content (AvgIpc) is 1.94. The van der Waals surface area contributed by atoms with E-state index in [1.807, 2.05) is 22.6 Å². The Morgan fingerprint density at radius 2 is 2.00 bits per heavy atom. The smallest absolute Gasteiger partial charge is 0.423 e. The summed E-state index contributed by atoms with van der Waals surface area (Å²) in [6, 6.07) is 5.00. The number of benzene rings is 1. The molecular formula is C6H7BINO2. The summed E-state index contributed by atoms with van der Waals surface area (Å²) in [5.41, 5.74) is 6.43. The van der Waals surface area contributed by atoms with E-state index in [4.69, 9.17) is 15.8 Å². The SMILES string of the molecule is Nc1ccc(I)c(B(O)O)c1. The van der Waals surface area contributed by atoms with Crippen LogP contribution in [0.2, 0.25) is 0 Å². The molecule has 0 spiro atoms. The lowest BCUT2D eigenvalue weighted by molar-refractivity contribution is 0.425. The van der Waals surface area contributed by atoms with Crippen LogP contribution < -0.4 is 11.2 Å². The Kier molecular flexibility index (Phi) is 2.75. The molecule has 0 radical (unpaired) electrons. The van der Waals surface area contributed by atoms with Crippen molar-refractivity contribution in [2.45, 2.75) is 0 Å². The largest absolute Gasteiger partial charge is 0.489 e. The summed E-state index contributed by atoms with van der Waals surface area (Å²) < 4.78 is 0.798. The number of nitrogens with two attached hydrogens (primary N) is 1. The Hall–Kier alpha value is -0.265. The fourth-order valence-corrected chi connectivity index (χ4v) is 1.37. The third kappa shape index (κ3) is 2.08. The van der Waals surface area contributed by atoms with Crippen molar-refractivity contribution in [1.82, 2.24) is 0 Å². The molecular weight excluding hydrogens is 256 g/mol. The normalized spacial score (nSPS) is 9.73. The highest BCUT2D eigenvalue weighted by molar-refractivity contribution is 14.1. The molecule has 0 aliphatic rings. The molecule has 0 atom stereocenters. The molecule has 0 saturated carbocycles. The van der Waals surface area contributed by atoms with E-state index in [2.05, 4.69) is 0 Å². The molecule has 0 aliphatic carbocycles. The maximum atomic E-state index is 8.82. The second-order valence-corrected chi connectivity index (χ2v) is 3.32. The molecule has 0 bridgehead atoms. The summed E-state index contributed by atoms with van der Waals surface area (Å²) in [7, 11) is -1.44. The Bertz CT molecular complexity index is 267. The topological polar surface area (TPSA) is 66.5 Å². The van der Waals surface area contributed by atoms with Gasteiger partial charge in [-0.05, 0) is 46.3 Å². The zero-order valence-corrected chi connectivity index (χ0v) is 7.82. The van der Waals surface area contributed by atoms with Gasteiger partial charge in [0.25, 0.3) is 0 Å². The van der Waals surface area contributed by atoms with Crippen LogP contribution in [0.5, 0.6) is 0 Å². The number of nitrogen functional groups attached to an aromatic ring is 1. The van der Waals surface area contributed by atoms with Gasteiger partial charge in [-0.3, -0.25) is 0 Å². The van der Waals surface area contributed by atoms with E-state index in [-0.39, 0.29) is 0 Å². The first-order chi connectivity index (χ1) is 5.11. The first kappa shape index (κ1) is 8.83. The van der Waals surface area contributed by atoms with Gasteiger partial charge >= 0.3 is 7.12 Å². The van der Waals surface area contributed by atoms with Gasteiger partial charge in [0.05, 0.1) is 0 Å². The molecule has 58 valence electrons. The number of hydrogen-bond acceptors (Lipinski definition) is 3. The number of hydrogen-bond donors (Lipinski definition) is 3. The number of anilines is 1. The minimum Gasteiger partial charge on any atom is -0.423 e. The molecule has 1 aromatic carbocycles. The minimum absolute atomic E-state index is 0.450. The lowest BCUT2D eigenvalue weighted by Gasteiger charge is -2.02. The van der Waals surface area contributed by atoms with Crippen molar-refractivity contribution >= 4 is 40.9 Å². The second-order valence-electron chi connectivity index (χ2n) is 2.15. The highest BCUT2D eigenvalue weighted by Crippen LogP contribution is 2.05. The second kappa shape index (κ2) is 3.42. The molecule has 0 heterocycles. The van der Waals surface area contributed by atoms with Crippen molar-refractivity contribution in [2.24, 2.45) is 0 Å². The molecule has 4 N–H and O–H groups in total. The van der Waals surface area contributed by atoms with Crippen LogP contribution in [-0.2, 0) is 0 Å². The third-order valence-corrected chi connectivity index (χ3v) is 2.28. The van der Waals surface area contributed by atoms with Crippen LogP contribution in [0, 0.1) is 3.57 Å². The van der Waals surface area contributed by atoms with E-state index >= 15 is 0 Å². The van der Waals surface area contributed by atoms with Crippen molar-refractivity contribution in [3.05, 3.63) is 21.8 Å². The van der Waals surface area contributed by atoms with Gasteiger partial charge in [-0.25, -0.2) is 0 Å². The van der Waals surface area contributed by atoms with E-state index in [0.717, 1.165) is 3.57 Å². The average molecular weight is 263 g/mol. The lowest BCUT2D eigenvalue weighted by Crippen LogP contribution is -2.32. The van der Waals surface area contributed by atoms with Gasteiger partial charge in [0.2, 0.25) is 0 Å². The predicted molar refractivity (Wildman–Crippen MR) is 53.4 cm³/mol. The molecule has 11 heavy (non-hydrogen) atoms. The summed E-state index contributed by atoms with van der Waals surface area (Å²) in [5.74, 6) is 0. The maximum absolute atomic E-state index is 8.82. The molecule has 3 nitrogen and oxygen atoms in total. The van der Waals surface area contributed by atoms with Gasteiger partial charge in [-0.2, -0.15) is 0 Å². The summed E-state index contributed by atoms with van der Waals surface area (Å²) in [6.07, 6.45) is 0. The monoisotopic (exact) mass is 263 g/mol. The first-order valence-electron chi connectivity index (χ1n) is 3.02. The molecule has 0 amide bonds. The molecule has 0 aliphatic heterocycles. The Morgan fingerprint density at radius 3 is 2.45 bits per heavy atom. The quantitative estimate of drug-likeness (QED) is 0.365. The van der Waals surface area contributed by atoms with Crippen molar-refractivity contribution in [3.63, 3.8) is 0 Å². The Labute approximate surface area is 78.5 Å². The van der Waals surface area contributed by atoms with Gasteiger partial charge in [-0.15, -0.1) is 0 Å². The zero-order chi connectivity index (χ0) is 8.43. The molecule has 0 saturated heterocycles. The summed E-state index contributed by atoms with van der Waals surface area (Å²) in [4.78, 5) is 0. The van der Waals surface area contributed by atoms with E-state index in [9.17, 15) is 0 Å². The molecule has 0 unspecified atom stereocenters. The van der Waals surface area contributed by atoms with Crippen LogP contribution >= 0.6 is 22.6 Å². The van der Waals surface area contributed by atoms with Crippen LogP contribution in [-0.4, -0.2) is 17.2 Å². The van der Waals surface area contributed by atoms with E-state index in [1.165, 1.54) is 0 Å². The Balaban J connectivity index is 3.13. The van der Waals surface area contributed by atoms with Crippen LogP contribution in [0.4, 0.5) is 5.69 Å². The van der Waals surface area contributed by atoms with Crippen molar-refractivity contribution in [2.75, 3.05) is 5.73 Å². The van der Waals surface area contributed by atoms with Crippen molar-refractivity contribution in [1.29, 1.82) is 0 Å². The first-order valence-corrected chi connectivity index (χ1v) is 4.10. The van der Waals surface area contributed by atoms with Crippen LogP contribution in [0.3, 0.4) is 0 Å². The fraction of sp³-hybridized carbons (Fsp3) is 0. The van der Waals surface area contributed by atoms with Crippen molar-refractivity contribution in [3.8, 4) is 0 Å². The third-order valence-electron chi connectivity index (χ3n) is 1.30. The van der Waals surface area contributed by atoms with Crippen LogP contribution in [0.25, 0.3) is 0 Å². The molecule has 0 aromatic heterocycles. The van der Waals surface area contributed by atoms with E-state index in [1.54, 1.807) is 18.2 Å². The molecule has 1 aromatic rings. The van der Waals surface area contributed by atoms with E-state index in [0.29, 0.717) is 11.2 Å². The zero-order valence-electron chi connectivity index (χ0n) is 5.66. The minimum atomic E-state index is -1.44. The maximum Gasteiger partial charge on any atom is 0.489 e. The molecule has 5 heteroatoms. The van der Waals surface area contributed by atoms with E-state index < -0.39 is 7.12 Å². The fourth-order valence-electron chi connectivity index (χ4n) is 0.760. The van der Waals surface area contributed by atoms with Gasteiger partial charge in [0.1, 0.15) is 0 Å². The Morgan fingerprint density at radius 1 is 1.36 bits per heavy atom. The predicted octanol–water partition coefficient (Wildman–Crippen LogP) is -0.447. The summed E-state index contributed by atoms with van der Waals surface area (Å²) >= 11 is 2.02. The molecule has 0 fully saturated rings. The highest BCUT2D eigenvalue weighted by atomic mass is 127. The standard InChI is InChI=1S/C6H7BINO2/c8-6-2-1-4(9)3-5(6)7(10)11/h1-3,10-11H,9H2. The summed E-state index contributed by atoms with van der Waals surface area (Å²) in [6.45, 7) is 0. The van der Waals surface area contributed by atoms with Gasteiger partial charge < -0.3 is 15.8 Å². The molecule has 1 rings (SSSR count).